The number of aromatic nitrogens is 2. The zero-order valence-electron chi connectivity index (χ0n) is 23.4. The highest BCUT2D eigenvalue weighted by molar-refractivity contribution is 6.11. The Balaban J connectivity index is 1.32. The molecule has 4 aromatic carbocycles. The largest absolute Gasteiger partial charge is 0.487 e. The van der Waals surface area contributed by atoms with Crippen molar-refractivity contribution in [3.05, 3.63) is 89.5 Å². The van der Waals surface area contributed by atoms with Crippen LogP contribution in [0.4, 0.5) is 0 Å². The molecule has 3 atom stereocenters. The van der Waals surface area contributed by atoms with Crippen molar-refractivity contribution in [3.63, 3.8) is 0 Å². The number of nitrogens with one attached hydrogen (secondary N) is 1. The number of nitrogens with zero attached hydrogens (tertiary/aromatic N) is 2. The Hall–Kier alpha value is -3.99. The summed E-state index contributed by atoms with van der Waals surface area (Å²) in [5.74, 6) is 2.38. The minimum absolute atomic E-state index is 0.0929. The number of hydrogen-bond donors (Lipinski definition) is 1. The number of rotatable bonds is 4. The van der Waals surface area contributed by atoms with Crippen LogP contribution in [0.3, 0.4) is 0 Å². The predicted molar refractivity (Wildman–Crippen MR) is 161 cm³/mol. The molecule has 2 heterocycles. The molecule has 1 aliphatic heterocycles. The van der Waals surface area contributed by atoms with Crippen molar-refractivity contribution in [2.45, 2.75) is 58.0 Å². The molecule has 5 heteroatoms. The monoisotopic (exact) mass is 529 g/mol. The van der Waals surface area contributed by atoms with E-state index in [4.69, 9.17) is 14.7 Å². The van der Waals surface area contributed by atoms with Crippen LogP contribution >= 0.6 is 0 Å². The molecule has 40 heavy (non-hydrogen) atoms. The zero-order chi connectivity index (χ0) is 27.4. The van der Waals surface area contributed by atoms with Crippen LogP contribution in [-0.2, 0) is 6.42 Å². The van der Waals surface area contributed by atoms with Gasteiger partial charge in [-0.25, -0.2) is 9.97 Å². The molecule has 5 nitrogen and oxygen atoms in total. The summed E-state index contributed by atoms with van der Waals surface area (Å²) in [6, 6.07) is 24.3. The summed E-state index contributed by atoms with van der Waals surface area (Å²) in [5, 5.41) is 5.20. The third-order valence-corrected chi connectivity index (χ3v) is 9.14. The molecular formula is C35H35N3O2. The molecule has 0 radical (unpaired) electrons. The predicted octanol–water partition coefficient (Wildman–Crippen LogP) is 7.60. The lowest BCUT2D eigenvalue weighted by Crippen LogP contribution is -2.46. The van der Waals surface area contributed by atoms with E-state index in [1.165, 1.54) is 17.5 Å². The standard InChI is InChI=1S/C35H35N3O2/c1-21-13-15-27-26(19-21)30-32-31(24-11-7-8-12-25(24)33(30)40-35(27,2)3)38-29-20-23(14-16-28(29)37-32)34(39)36-18-17-22-9-5-4-6-10-22/h4-12,14,16,20-21,26-27H,13,15,17-19H2,1-3H3,(H,36,39). The van der Waals surface area contributed by atoms with Crippen LogP contribution in [-0.4, -0.2) is 28.0 Å². The Bertz CT molecular complexity index is 1760. The maximum Gasteiger partial charge on any atom is 0.251 e. The number of ether oxygens (including phenoxy) is 1. The van der Waals surface area contributed by atoms with Crippen molar-refractivity contribution in [2.75, 3.05) is 6.54 Å². The van der Waals surface area contributed by atoms with Gasteiger partial charge in [0.2, 0.25) is 0 Å². The fourth-order valence-electron chi connectivity index (χ4n) is 7.10. The lowest BCUT2D eigenvalue weighted by molar-refractivity contribution is -0.0115. The van der Waals surface area contributed by atoms with Gasteiger partial charge in [0.15, 0.2) is 0 Å². The molecule has 0 spiro atoms. The number of fused-ring (bicyclic) bond motifs is 9. The van der Waals surface area contributed by atoms with Crippen LogP contribution in [0.1, 0.15) is 67.4 Å². The van der Waals surface area contributed by atoms with Gasteiger partial charge in [-0.15, -0.1) is 0 Å². The maximum absolute atomic E-state index is 13.0. The van der Waals surface area contributed by atoms with Crippen LogP contribution in [0.5, 0.6) is 5.75 Å². The highest BCUT2D eigenvalue weighted by Crippen LogP contribution is 2.56. The summed E-state index contributed by atoms with van der Waals surface area (Å²) >= 11 is 0. The number of amides is 1. The van der Waals surface area contributed by atoms with E-state index in [0.29, 0.717) is 29.9 Å². The molecule has 3 unspecified atom stereocenters. The van der Waals surface area contributed by atoms with Crippen molar-refractivity contribution in [1.29, 1.82) is 0 Å². The van der Waals surface area contributed by atoms with E-state index in [0.717, 1.165) is 57.9 Å². The summed E-state index contributed by atoms with van der Waals surface area (Å²) in [5.41, 5.74) is 6.17. The summed E-state index contributed by atoms with van der Waals surface area (Å²) < 4.78 is 6.86. The van der Waals surface area contributed by atoms with E-state index in [-0.39, 0.29) is 11.5 Å². The second-order valence-electron chi connectivity index (χ2n) is 12.2. The van der Waals surface area contributed by atoms with Crippen LogP contribution in [0.15, 0.2) is 72.8 Å². The molecule has 5 aromatic rings. The molecule has 0 saturated heterocycles. The van der Waals surface area contributed by atoms with Crippen LogP contribution < -0.4 is 10.1 Å². The van der Waals surface area contributed by atoms with Crippen LogP contribution in [0.25, 0.3) is 32.8 Å². The molecule has 1 amide bonds. The first kappa shape index (κ1) is 25.0. The minimum Gasteiger partial charge on any atom is -0.487 e. The fourth-order valence-corrected chi connectivity index (χ4v) is 7.10. The molecule has 7 rings (SSSR count). The van der Waals surface area contributed by atoms with E-state index in [2.05, 4.69) is 62.5 Å². The lowest BCUT2D eigenvalue weighted by Gasteiger charge is -2.49. The van der Waals surface area contributed by atoms with Gasteiger partial charge < -0.3 is 10.1 Å². The Morgan fingerprint density at radius 3 is 2.50 bits per heavy atom. The Morgan fingerprint density at radius 1 is 0.925 bits per heavy atom. The van der Waals surface area contributed by atoms with Gasteiger partial charge in [0.05, 0.1) is 22.1 Å². The Labute approximate surface area is 235 Å². The molecule has 0 bridgehead atoms. The minimum atomic E-state index is -0.235. The van der Waals surface area contributed by atoms with Gasteiger partial charge in [-0.1, -0.05) is 67.9 Å². The van der Waals surface area contributed by atoms with E-state index in [1.807, 2.05) is 36.4 Å². The van der Waals surface area contributed by atoms with Gasteiger partial charge in [-0.3, -0.25) is 4.79 Å². The molecule has 1 aliphatic carbocycles. The second kappa shape index (κ2) is 9.58. The summed E-state index contributed by atoms with van der Waals surface area (Å²) in [6.45, 7) is 7.45. The normalized spacial score (nSPS) is 21.5. The highest BCUT2D eigenvalue weighted by atomic mass is 16.5. The molecule has 1 fully saturated rings. The highest BCUT2D eigenvalue weighted by Gasteiger charge is 2.47. The first-order chi connectivity index (χ1) is 19.4. The molecular weight excluding hydrogens is 494 g/mol. The average molecular weight is 530 g/mol. The smallest absolute Gasteiger partial charge is 0.251 e. The van der Waals surface area contributed by atoms with Crippen molar-refractivity contribution in [2.24, 2.45) is 11.8 Å². The second-order valence-corrected chi connectivity index (χ2v) is 12.2. The van der Waals surface area contributed by atoms with E-state index >= 15 is 0 Å². The number of carbonyl (C=O) groups is 1. The van der Waals surface area contributed by atoms with E-state index < -0.39 is 0 Å². The van der Waals surface area contributed by atoms with Crippen LogP contribution in [0, 0.1) is 11.8 Å². The fraction of sp³-hybridized carbons (Fsp3) is 0.343. The van der Waals surface area contributed by atoms with Gasteiger partial charge in [0.25, 0.3) is 5.91 Å². The van der Waals surface area contributed by atoms with Gasteiger partial charge in [-0.05, 0) is 68.7 Å². The zero-order valence-corrected chi connectivity index (χ0v) is 23.4. The first-order valence-corrected chi connectivity index (χ1v) is 14.6. The summed E-state index contributed by atoms with van der Waals surface area (Å²) in [6.07, 6.45) is 4.33. The van der Waals surface area contributed by atoms with Crippen molar-refractivity contribution < 1.29 is 9.53 Å². The summed E-state index contributed by atoms with van der Waals surface area (Å²) in [7, 11) is 0. The van der Waals surface area contributed by atoms with Crippen molar-refractivity contribution >= 4 is 38.7 Å². The van der Waals surface area contributed by atoms with Crippen molar-refractivity contribution in [1.82, 2.24) is 15.3 Å². The molecule has 1 saturated carbocycles. The van der Waals surface area contributed by atoms with Gasteiger partial charge in [-0.2, -0.15) is 0 Å². The number of hydrogen-bond acceptors (Lipinski definition) is 4. The Morgan fingerprint density at radius 2 is 1.68 bits per heavy atom. The summed E-state index contributed by atoms with van der Waals surface area (Å²) in [4.78, 5) is 23.4. The average Bonchev–Trinajstić information content (AvgIpc) is 2.96. The van der Waals surface area contributed by atoms with E-state index in [9.17, 15) is 4.79 Å². The molecule has 202 valence electrons. The number of benzene rings is 4. The lowest BCUT2D eigenvalue weighted by atomic mass is 9.64. The van der Waals surface area contributed by atoms with Gasteiger partial charge in [0.1, 0.15) is 11.4 Å². The molecule has 2 aliphatic rings. The Kier molecular flexibility index (Phi) is 5.99. The SMILES string of the molecule is CC1CCC2C(C1)c1c(c3ccccc3c3nc4cc(C(=O)NCCc5ccccc5)ccc4nc13)OC2(C)C. The molecule has 1 aromatic heterocycles. The van der Waals surface area contributed by atoms with Crippen LogP contribution in [0.2, 0.25) is 0 Å². The quantitative estimate of drug-likeness (QED) is 0.192. The topological polar surface area (TPSA) is 64.1 Å². The number of carbonyl (C=O) groups excluding carboxylic acids is 1. The third-order valence-electron chi connectivity index (χ3n) is 9.14. The van der Waals surface area contributed by atoms with Crippen molar-refractivity contribution in [3.8, 4) is 5.75 Å². The van der Waals surface area contributed by atoms with Gasteiger partial charge >= 0.3 is 0 Å². The van der Waals surface area contributed by atoms with Gasteiger partial charge in [0, 0.05) is 34.4 Å². The third kappa shape index (κ3) is 4.19. The maximum atomic E-state index is 13.0. The molecule has 1 N–H and O–H groups in total. The van der Waals surface area contributed by atoms with E-state index in [1.54, 1.807) is 0 Å². The first-order valence-electron chi connectivity index (χ1n) is 14.6.